The van der Waals surface area contributed by atoms with Crippen molar-refractivity contribution in [2.45, 2.75) is 38.3 Å². The van der Waals surface area contributed by atoms with Gasteiger partial charge in [-0.25, -0.2) is 0 Å². The van der Waals surface area contributed by atoms with Gasteiger partial charge in [-0.2, -0.15) is 5.10 Å². The van der Waals surface area contributed by atoms with Crippen LogP contribution in [0.15, 0.2) is 29.4 Å². The molecule has 8 heteroatoms. The molecule has 2 heterocycles. The summed E-state index contributed by atoms with van der Waals surface area (Å²) in [5, 5.41) is 7.93. The van der Waals surface area contributed by atoms with Crippen molar-refractivity contribution in [3.8, 4) is 0 Å². The fourth-order valence-electron chi connectivity index (χ4n) is 3.95. The van der Waals surface area contributed by atoms with Gasteiger partial charge < -0.3 is 20.7 Å². The van der Waals surface area contributed by atoms with Crippen LogP contribution in [0.2, 0.25) is 0 Å². The zero-order valence-corrected chi connectivity index (χ0v) is 15.4. The second-order valence-corrected chi connectivity index (χ2v) is 7.13. The summed E-state index contributed by atoms with van der Waals surface area (Å²) in [6.45, 7) is 0.558. The maximum Gasteiger partial charge on any atom is 0.330 e. The molecule has 1 aromatic carbocycles. The maximum atomic E-state index is 12.0. The molecule has 0 saturated heterocycles. The van der Waals surface area contributed by atoms with Crippen LogP contribution in [0.4, 0.5) is 11.5 Å². The summed E-state index contributed by atoms with van der Waals surface area (Å²) in [7, 11) is 3.55. The van der Waals surface area contributed by atoms with Crippen molar-refractivity contribution in [2.75, 3.05) is 12.4 Å². The predicted molar refractivity (Wildman–Crippen MR) is 106 cm³/mol. The van der Waals surface area contributed by atoms with Gasteiger partial charge in [0, 0.05) is 31.1 Å². The van der Waals surface area contributed by atoms with Crippen LogP contribution < -0.4 is 16.5 Å². The number of aromatic nitrogens is 2. The molecule has 2 aromatic rings. The molecule has 1 aromatic heterocycles. The van der Waals surface area contributed by atoms with E-state index in [1.54, 1.807) is 20.7 Å². The van der Waals surface area contributed by atoms with Crippen molar-refractivity contribution in [1.82, 2.24) is 9.78 Å². The highest BCUT2D eigenvalue weighted by atomic mass is 16.4. The molecule has 1 aliphatic carbocycles. The molecule has 4 rings (SSSR count). The van der Waals surface area contributed by atoms with Crippen LogP contribution in [-0.2, 0) is 11.3 Å². The van der Waals surface area contributed by atoms with E-state index in [1.807, 2.05) is 29.1 Å². The monoisotopic (exact) mass is 364 g/mol. The standard InChI is InChI=1S/C19H23BN5O2/c1-22-9-12-4-2-3-5-17(12)25-10-15(18(21)26)19(24-25)23-14-6-7-16-13(8-14)11-27-20-16/h6-10,12,17H,2-5,11H2,1H3,(H2,21,26)(H,23,24)/t12-,17?/m1/s1. The smallest absolute Gasteiger partial charge is 0.330 e. The maximum absolute atomic E-state index is 12.0. The zero-order valence-electron chi connectivity index (χ0n) is 15.4. The summed E-state index contributed by atoms with van der Waals surface area (Å²) in [5.41, 5.74) is 9.04. The van der Waals surface area contributed by atoms with Gasteiger partial charge in [0.15, 0.2) is 5.82 Å². The van der Waals surface area contributed by atoms with Crippen LogP contribution in [-0.4, -0.2) is 36.4 Å². The van der Waals surface area contributed by atoms with E-state index in [-0.39, 0.29) is 6.04 Å². The molecule has 0 bridgehead atoms. The Hall–Kier alpha value is -2.61. The van der Waals surface area contributed by atoms with Crippen LogP contribution in [0.5, 0.6) is 0 Å². The first kappa shape index (κ1) is 17.8. The summed E-state index contributed by atoms with van der Waals surface area (Å²) < 4.78 is 7.23. The lowest BCUT2D eigenvalue weighted by atomic mass is 9.85. The lowest BCUT2D eigenvalue weighted by Crippen LogP contribution is -2.25. The predicted octanol–water partition coefficient (Wildman–Crippen LogP) is 1.93. The zero-order chi connectivity index (χ0) is 18.8. The molecule has 0 spiro atoms. The first-order valence-electron chi connectivity index (χ1n) is 9.31. The van der Waals surface area contributed by atoms with Gasteiger partial charge in [0.1, 0.15) is 5.56 Å². The topological polar surface area (TPSA) is 94.5 Å². The first-order chi connectivity index (χ1) is 13.2. The third kappa shape index (κ3) is 3.62. The summed E-state index contributed by atoms with van der Waals surface area (Å²) >= 11 is 0. The molecule has 1 saturated carbocycles. The number of anilines is 2. The number of hydrogen-bond donors (Lipinski definition) is 2. The number of primary amides is 1. The van der Waals surface area contributed by atoms with Gasteiger partial charge in [-0.15, -0.1) is 0 Å². The average molecular weight is 364 g/mol. The van der Waals surface area contributed by atoms with Crippen molar-refractivity contribution in [3.63, 3.8) is 0 Å². The van der Waals surface area contributed by atoms with E-state index < -0.39 is 5.91 Å². The molecule has 1 aliphatic heterocycles. The number of amides is 1. The highest BCUT2D eigenvalue weighted by Crippen LogP contribution is 2.34. The molecule has 1 unspecified atom stereocenters. The van der Waals surface area contributed by atoms with Crippen LogP contribution in [0.1, 0.15) is 47.6 Å². The van der Waals surface area contributed by atoms with Gasteiger partial charge in [0.2, 0.25) is 0 Å². The second kappa shape index (κ2) is 7.56. The normalized spacial score (nSPS) is 21.8. The molecule has 7 nitrogen and oxygen atoms in total. The summed E-state index contributed by atoms with van der Waals surface area (Å²) in [6, 6.07) is 6.14. The van der Waals surface area contributed by atoms with E-state index in [9.17, 15) is 4.79 Å². The van der Waals surface area contributed by atoms with Gasteiger partial charge >= 0.3 is 7.48 Å². The van der Waals surface area contributed by atoms with Gasteiger partial charge in [-0.05, 0) is 36.0 Å². The van der Waals surface area contributed by atoms with Crippen molar-refractivity contribution in [3.05, 3.63) is 35.5 Å². The number of nitrogens with zero attached hydrogens (tertiary/aromatic N) is 3. The number of carbonyl (C=O) groups excluding carboxylic acids is 1. The van der Waals surface area contributed by atoms with E-state index in [1.165, 1.54) is 6.42 Å². The lowest BCUT2D eigenvalue weighted by molar-refractivity contribution is 0.100. The minimum atomic E-state index is -0.488. The van der Waals surface area contributed by atoms with E-state index >= 15 is 0 Å². The van der Waals surface area contributed by atoms with Crippen molar-refractivity contribution >= 4 is 36.6 Å². The third-order valence-corrected chi connectivity index (χ3v) is 5.31. The van der Waals surface area contributed by atoms with E-state index in [0.29, 0.717) is 23.9 Å². The molecular weight excluding hydrogens is 341 g/mol. The fourth-order valence-corrected chi connectivity index (χ4v) is 3.95. The summed E-state index contributed by atoms with van der Waals surface area (Å²) in [6.07, 6.45) is 8.20. The Balaban J connectivity index is 1.63. The third-order valence-electron chi connectivity index (χ3n) is 5.31. The van der Waals surface area contributed by atoms with E-state index in [2.05, 4.69) is 15.4 Å². The Labute approximate surface area is 159 Å². The molecule has 2 atom stereocenters. The minimum absolute atomic E-state index is 0.194. The largest absolute Gasteiger partial charge is 0.430 e. The Morgan fingerprint density at radius 1 is 1.44 bits per heavy atom. The van der Waals surface area contributed by atoms with Gasteiger partial charge in [-0.1, -0.05) is 18.9 Å². The highest BCUT2D eigenvalue weighted by Gasteiger charge is 2.28. The molecule has 3 N–H and O–H groups in total. The van der Waals surface area contributed by atoms with Crippen molar-refractivity contribution in [1.29, 1.82) is 0 Å². The molecule has 1 fully saturated rings. The van der Waals surface area contributed by atoms with Crippen molar-refractivity contribution < 1.29 is 9.45 Å². The van der Waals surface area contributed by atoms with Gasteiger partial charge in [0.05, 0.1) is 12.6 Å². The Kier molecular flexibility index (Phi) is 4.98. The SMILES string of the molecule is CN=C[C@H]1CCCCC1n1cc(C(N)=O)c(Nc2ccc3c(c2)CO[B]3)n1. The number of rotatable bonds is 5. The Bertz CT molecular complexity index is 879. The Morgan fingerprint density at radius 3 is 3.11 bits per heavy atom. The highest BCUT2D eigenvalue weighted by molar-refractivity contribution is 6.48. The number of benzene rings is 1. The molecular formula is C19H23BN5O2. The number of fused-ring (bicyclic) bond motifs is 1. The van der Waals surface area contributed by atoms with Crippen LogP contribution in [0.3, 0.4) is 0 Å². The minimum Gasteiger partial charge on any atom is -0.430 e. The first-order valence-corrected chi connectivity index (χ1v) is 9.31. The number of nitrogens with two attached hydrogens (primary N) is 1. The summed E-state index contributed by atoms with van der Waals surface area (Å²) in [4.78, 5) is 16.2. The van der Waals surface area contributed by atoms with Gasteiger partial charge in [0.25, 0.3) is 5.91 Å². The molecule has 27 heavy (non-hydrogen) atoms. The van der Waals surface area contributed by atoms with E-state index in [0.717, 1.165) is 36.0 Å². The lowest BCUT2D eigenvalue weighted by Gasteiger charge is -2.29. The van der Waals surface area contributed by atoms with Crippen LogP contribution in [0, 0.1) is 5.92 Å². The summed E-state index contributed by atoms with van der Waals surface area (Å²) in [5.74, 6) is 0.325. The molecule has 139 valence electrons. The number of carbonyl (C=O) groups is 1. The molecule has 1 radical (unpaired) electrons. The van der Waals surface area contributed by atoms with Crippen LogP contribution in [0.25, 0.3) is 0 Å². The molecule has 2 aliphatic rings. The van der Waals surface area contributed by atoms with Gasteiger partial charge in [-0.3, -0.25) is 9.48 Å². The molecule has 1 amide bonds. The number of hydrogen-bond acceptors (Lipinski definition) is 5. The van der Waals surface area contributed by atoms with Crippen LogP contribution >= 0.6 is 0 Å². The fraction of sp³-hybridized carbons (Fsp3) is 0.421. The second-order valence-electron chi connectivity index (χ2n) is 7.13. The number of aliphatic imine (C=N–C) groups is 1. The quantitative estimate of drug-likeness (QED) is 0.626. The number of nitrogens with one attached hydrogen (secondary N) is 1. The van der Waals surface area contributed by atoms with E-state index in [4.69, 9.17) is 10.4 Å². The van der Waals surface area contributed by atoms with Crippen molar-refractivity contribution in [2.24, 2.45) is 16.6 Å². The average Bonchev–Trinajstić information content (AvgIpc) is 3.29. The Morgan fingerprint density at radius 2 is 2.30 bits per heavy atom.